The third-order valence-electron chi connectivity index (χ3n) is 5.85. The van der Waals surface area contributed by atoms with Gasteiger partial charge in [-0.15, -0.1) is 0 Å². The zero-order valence-electron chi connectivity index (χ0n) is 17.5. The van der Waals surface area contributed by atoms with Crippen molar-refractivity contribution >= 4 is 5.91 Å². The number of amides is 1. The number of hydrogen-bond acceptors (Lipinski definition) is 3. The van der Waals surface area contributed by atoms with Crippen molar-refractivity contribution in [2.45, 2.75) is 12.0 Å². The molecule has 0 saturated heterocycles. The Morgan fingerprint density at radius 1 is 0.688 bits per heavy atom. The molecule has 0 aliphatic carbocycles. The first kappa shape index (κ1) is 19.9. The van der Waals surface area contributed by atoms with Crippen molar-refractivity contribution in [3.63, 3.8) is 0 Å². The molecule has 0 radical (unpaired) electrons. The topological polar surface area (TPSA) is 47.6 Å². The summed E-state index contributed by atoms with van der Waals surface area (Å²) in [7, 11) is 0. The summed E-state index contributed by atoms with van der Waals surface area (Å²) in [5.41, 5.74) is 2.72. The van der Waals surface area contributed by atoms with Gasteiger partial charge in [0.1, 0.15) is 5.41 Å². The summed E-state index contributed by atoms with van der Waals surface area (Å²) in [6.45, 7) is 0.605. The van der Waals surface area contributed by atoms with Crippen LogP contribution in [0.15, 0.2) is 109 Å². The Bertz CT molecular complexity index is 1110. The quantitative estimate of drug-likeness (QED) is 0.443. The number of carbonyl (C=O) groups is 1. The van der Waals surface area contributed by atoms with Crippen LogP contribution in [-0.2, 0) is 16.8 Å². The molecule has 0 bridgehead atoms. The van der Waals surface area contributed by atoms with Crippen molar-refractivity contribution in [2.24, 2.45) is 0 Å². The molecule has 4 heteroatoms. The van der Waals surface area contributed by atoms with Gasteiger partial charge in [-0.25, -0.2) is 0 Å². The van der Waals surface area contributed by atoms with Gasteiger partial charge in [-0.05, 0) is 34.4 Å². The minimum atomic E-state index is -0.986. The maximum absolute atomic E-state index is 14.1. The Morgan fingerprint density at radius 2 is 1.19 bits per heavy atom. The molecule has 0 aromatic heterocycles. The predicted octanol–water partition coefficient (Wildman–Crippen LogP) is 5.07. The molecule has 32 heavy (non-hydrogen) atoms. The second kappa shape index (κ2) is 8.60. The van der Waals surface area contributed by atoms with Crippen molar-refractivity contribution in [3.8, 4) is 11.5 Å². The van der Waals surface area contributed by atoms with Crippen LogP contribution in [0.25, 0.3) is 0 Å². The molecule has 0 saturated carbocycles. The zero-order chi connectivity index (χ0) is 21.8. The molecule has 1 heterocycles. The lowest BCUT2D eigenvalue weighted by Crippen LogP contribution is -2.46. The highest BCUT2D eigenvalue weighted by Crippen LogP contribution is 2.40. The van der Waals surface area contributed by atoms with Gasteiger partial charge in [0.15, 0.2) is 11.5 Å². The fraction of sp³-hybridized carbons (Fsp3) is 0.107. The van der Waals surface area contributed by atoms with Crippen molar-refractivity contribution < 1.29 is 14.3 Å². The molecule has 0 spiro atoms. The summed E-state index contributed by atoms with van der Waals surface area (Å²) in [5.74, 6) is 1.35. The van der Waals surface area contributed by atoms with E-state index in [4.69, 9.17) is 9.47 Å². The Kier molecular flexibility index (Phi) is 5.34. The molecule has 0 fully saturated rings. The van der Waals surface area contributed by atoms with Crippen LogP contribution in [0.3, 0.4) is 0 Å². The molecule has 1 amide bonds. The van der Waals surface area contributed by atoms with E-state index in [1.807, 2.05) is 109 Å². The van der Waals surface area contributed by atoms with E-state index in [0.717, 1.165) is 28.0 Å². The van der Waals surface area contributed by atoms with Crippen LogP contribution < -0.4 is 14.8 Å². The maximum atomic E-state index is 14.1. The first-order valence-electron chi connectivity index (χ1n) is 10.6. The van der Waals surface area contributed by atoms with Crippen molar-refractivity contribution in [1.29, 1.82) is 0 Å². The van der Waals surface area contributed by atoms with Crippen LogP contribution in [0, 0.1) is 0 Å². The number of rotatable bonds is 6. The number of fused-ring (bicyclic) bond motifs is 1. The summed E-state index contributed by atoms with van der Waals surface area (Å²) in [6.07, 6.45) is 0. The van der Waals surface area contributed by atoms with Crippen molar-refractivity contribution in [1.82, 2.24) is 5.32 Å². The normalized spacial score (nSPS) is 12.4. The third kappa shape index (κ3) is 3.50. The van der Waals surface area contributed by atoms with E-state index < -0.39 is 5.41 Å². The first-order valence-corrected chi connectivity index (χ1v) is 10.6. The summed E-state index contributed by atoms with van der Waals surface area (Å²) in [6, 6.07) is 35.6. The van der Waals surface area contributed by atoms with Gasteiger partial charge in [0.25, 0.3) is 0 Å². The highest BCUT2D eigenvalue weighted by atomic mass is 16.7. The Hall–Kier alpha value is -4.05. The van der Waals surface area contributed by atoms with Gasteiger partial charge in [-0.2, -0.15) is 0 Å². The number of nitrogens with one attached hydrogen (secondary N) is 1. The van der Waals surface area contributed by atoms with Crippen LogP contribution in [0.2, 0.25) is 0 Å². The zero-order valence-corrected chi connectivity index (χ0v) is 17.5. The Labute approximate surface area is 187 Å². The van der Waals surface area contributed by atoms with Gasteiger partial charge in [0.05, 0.1) is 0 Å². The van der Waals surface area contributed by atoms with Crippen LogP contribution >= 0.6 is 0 Å². The highest BCUT2D eigenvalue weighted by molar-refractivity contribution is 5.96. The lowest BCUT2D eigenvalue weighted by atomic mass is 9.68. The Morgan fingerprint density at radius 3 is 1.72 bits per heavy atom. The number of hydrogen-bond donors (Lipinski definition) is 1. The monoisotopic (exact) mass is 421 g/mol. The minimum Gasteiger partial charge on any atom is -0.454 e. The lowest BCUT2D eigenvalue weighted by Gasteiger charge is -2.34. The fourth-order valence-corrected chi connectivity index (χ4v) is 4.32. The van der Waals surface area contributed by atoms with E-state index in [9.17, 15) is 4.79 Å². The molecule has 4 aromatic carbocycles. The molecule has 1 N–H and O–H groups in total. The summed E-state index contributed by atoms with van der Waals surface area (Å²) in [5, 5.41) is 3.19. The van der Waals surface area contributed by atoms with Crippen molar-refractivity contribution in [3.05, 3.63) is 131 Å². The maximum Gasteiger partial charge on any atom is 0.239 e. The van der Waals surface area contributed by atoms with Gasteiger partial charge < -0.3 is 14.8 Å². The van der Waals surface area contributed by atoms with Crippen molar-refractivity contribution in [2.75, 3.05) is 6.79 Å². The minimum absolute atomic E-state index is 0.0845. The van der Waals surface area contributed by atoms with E-state index in [1.54, 1.807) is 0 Å². The SMILES string of the molecule is O=C(NCc1ccc2c(c1)OCO2)C(c1ccccc1)(c1ccccc1)c1ccccc1. The van der Waals surface area contributed by atoms with Crippen LogP contribution in [0.4, 0.5) is 0 Å². The van der Waals surface area contributed by atoms with E-state index in [1.165, 1.54) is 0 Å². The average Bonchev–Trinajstić information content (AvgIpc) is 3.33. The largest absolute Gasteiger partial charge is 0.454 e. The van der Waals surface area contributed by atoms with Gasteiger partial charge in [0.2, 0.25) is 12.7 Å². The molecule has 4 nitrogen and oxygen atoms in total. The first-order chi connectivity index (χ1) is 15.8. The third-order valence-corrected chi connectivity index (χ3v) is 5.85. The molecular formula is C28H23NO3. The summed E-state index contributed by atoms with van der Waals surface area (Å²) >= 11 is 0. The van der Waals surface area contributed by atoms with Crippen LogP contribution in [-0.4, -0.2) is 12.7 Å². The highest BCUT2D eigenvalue weighted by Gasteiger charge is 2.43. The summed E-state index contributed by atoms with van der Waals surface area (Å²) < 4.78 is 10.9. The molecule has 0 unspecified atom stereocenters. The molecule has 1 aliphatic heterocycles. The molecule has 5 rings (SSSR count). The number of benzene rings is 4. The van der Waals surface area contributed by atoms with Crippen LogP contribution in [0.5, 0.6) is 11.5 Å². The van der Waals surface area contributed by atoms with Gasteiger partial charge >= 0.3 is 0 Å². The van der Waals surface area contributed by atoms with E-state index in [-0.39, 0.29) is 12.7 Å². The molecule has 4 aromatic rings. The summed E-state index contributed by atoms with van der Waals surface area (Å²) in [4.78, 5) is 14.1. The smallest absolute Gasteiger partial charge is 0.239 e. The van der Waals surface area contributed by atoms with E-state index in [2.05, 4.69) is 5.32 Å². The second-order valence-electron chi connectivity index (χ2n) is 7.72. The van der Waals surface area contributed by atoms with Gasteiger partial charge in [-0.1, -0.05) is 97.1 Å². The predicted molar refractivity (Wildman–Crippen MR) is 124 cm³/mol. The number of carbonyl (C=O) groups excluding carboxylic acids is 1. The fourth-order valence-electron chi connectivity index (χ4n) is 4.32. The molecular weight excluding hydrogens is 398 g/mol. The van der Waals surface area contributed by atoms with E-state index in [0.29, 0.717) is 12.3 Å². The number of ether oxygens (including phenoxy) is 2. The van der Waals surface area contributed by atoms with Crippen LogP contribution in [0.1, 0.15) is 22.3 Å². The van der Waals surface area contributed by atoms with Gasteiger partial charge in [-0.3, -0.25) is 4.79 Å². The lowest BCUT2D eigenvalue weighted by molar-refractivity contribution is -0.124. The second-order valence-corrected chi connectivity index (χ2v) is 7.72. The van der Waals surface area contributed by atoms with Gasteiger partial charge in [0, 0.05) is 6.54 Å². The standard InChI is InChI=1S/C28H23NO3/c30-27(29-19-21-16-17-25-26(18-21)32-20-31-25)28(22-10-4-1-5-11-22,23-12-6-2-7-13-23)24-14-8-3-9-15-24/h1-18H,19-20H2,(H,29,30). The van der Waals surface area contributed by atoms with E-state index >= 15 is 0 Å². The Balaban J connectivity index is 1.58. The molecule has 158 valence electrons. The average molecular weight is 421 g/mol. The molecule has 0 atom stereocenters. The molecule has 1 aliphatic rings.